The van der Waals surface area contributed by atoms with Crippen LogP contribution in [0.1, 0.15) is 19.3 Å². The first-order valence-corrected chi connectivity index (χ1v) is 8.98. The standard InChI is InChI=1S/C8H19NO6P2/c10-16(11,12)7-8(17(13,14)15)6-9-4-2-1-3-5-9/h8H,1-7H2,(H2,10,11,12)(H2,13,14,15)/t8-/m0/s1. The number of rotatable bonds is 5. The van der Waals surface area contributed by atoms with Crippen molar-refractivity contribution in [3.05, 3.63) is 0 Å². The molecule has 1 aliphatic heterocycles. The maximum atomic E-state index is 11.2. The van der Waals surface area contributed by atoms with E-state index in [0.29, 0.717) is 0 Å². The van der Waals surface area contributed by atoms with Crippen molar-refractivity contribution in [2.45, 2.75) is 24.9 Å². The molecular weight excluding hydrogens is 268 g/mol. The van der Waals surface area contributed by atoms with E-state index in [-0.39, 0.29) is 6.54 Å². The number of nitrogens with zero attached hydrogens (tertiary/aromatic N) is 1. The van der Waals surface area contributed by atoms with Crippen LogP contribution in [-0.2, 0) is 9.13 Å². The minimum atomic E-state index is -4.47. The average Bonchev–Trinajstić information content (AvgIpc) is 2.15. The molecule has 0 aliphatic carbocycles. The van der Waals surface area contributed by atoms with Crippen LogP contribution in [0.4, 0.5) is 0 Å². The normalized spacial score (nSPS) is 21.4. The van der Waals surface area contributed by atoms with Gasteiger partial charge in [0, 0.05) is 6.54 Å². The molecule has 1 fully saturated rings. The Morgan fingerprint density at radius 2 is 1.53 bits per heavy atom. The van der Waals surface area contributed by atoms with Gasteiger partial charge in [-0.05, 0) is 25.9 Å². The lowest BCUT2D eigenvalue weighted by molar-refractivity contribution is 0.220. The highest BCUT2D eigenvalue weighted by molar-refractivity contribution is 7.56. The summed E-state index contributed by atoms with van der Waals surface area (Å²) in [5.41, 5.74) is -1.28. The van der Waals surface area contributed by atoms with Gasteiger partial charge in [0.05, 0.1) is 11.8 Å². The number of likely N-dealkylation sites (tertiary alicyclic amines) is 1. The Labute approximate surface area is 100 Å². The van der Waals surface area contributed by atoms with Crippen LogP contribution in [0.3, 0.4) is 0 Å². The van der Waals surface area contributed by atoms with E-state index in [2.05, 4.69) is 0 Å². The van der Waals surface area contributed by atoms with E-state index in [4.69, 9.17) is 19.6 Å². The predicted octanol–water partition coefficient (Wildman–Crippen LogP) is 0.196. The summed E-state index contributed by atoms with van der Waals surface area (Å²) in [6, 6.07) is 0. The minimum Gasteiger partial charge on any atom is -0.324 e. The summed E-state index contributed by atoms with van der Waals surface area (Å²) in [6.45, 7) is 1.52. The predicted molar refractivity (Wildman–Crippen MR) is 63.0 cm³/mol. The summed E-state index contributed by atoms with van der Waals surface area (Å²) in [7, 11) is -8.88. The van der Waals surface area contributed by atoms with Crippen molar-refractivity contribution < 1.29 is 28.7 Å². The van der Waals surface area contributed by atoms with Crippen molar-refractivity contribution in [2.24, 2.45) is 0 Å². The molecule has 0 aromatic rings. The van der Waals surface area contributed by atoms with Gasteiger partial charge in [-0.3, -0.25) is 9.13 Å². The Morgan fingerprint density at radius 3 is 1.94 bits per heavy atom. The summed E-state index contributed by atoms with van der Waals surface area (Å²) >= 11 is 0. The second-order valence-corrected chi connectivity index (χ2v) is 8.05. The molecule has 1 rings (SSSR count). The van der Waals surface area contributed by atoms with Gasteiger partial charge in [0.1, 0.15) is 0 Å². The first kappa shape index (κ1) is 15.3. The van der Waals surface area contributed by atoms with E-state index in [9.17, 15) is 9.13 Å². The first-order valence-electron chi connectivity index (χ1n) is 5.50. The van der Waals surface area contributed by atoms with Gasteiger partial charge in [-0.15, -0.1) is 0 Å². The van der Waals surface area contributed by atoms with E-state index >= 15 is 0 Å². The first-order chi connectivity index (χ1) is 7.68. The van der Waals surface area contributed by atoms with Crippen LogP contribution >= 0.6 is 15.2 Å². The van der Waals surface area contributed by atoms with Crippen LogP contribution in [0.2, 0.25) is 0 Å². The highest BCUT2D eigenvalue weighted by Gasteiger charge is 2.36. The maximum absolute atomic E-state index is 11.2. The highest BCUT2D eigenvalue weighted by Crippen LogP contribution is 2.49. The Kier molecular flexibility index (Phi) is 5.35. The maximum Gasteiger partial charge on any atom is 0.330 e. The van der Waals surface area contributed by atoms with Crippen LogP contribution in [-0.4, -0.2) is 55.9 Å². The molecule has 0 radical (unpaired) electrons. The Hall–Kier alpha value is 0.260. The monoisotopic (exact) mass is 287 g/mol. The van der Waals surface area contributed by atoms with Gasteiger partial charge < -0.3 is 24.5 Å². The van der Waals surface area contributed by atoms with E-state index in [1.54, 1.807) is 0 Å². The topological polar surface area (TPSA) is 118 Å². The Morgan fingerprint density at radius 1 is 1.00 bits per heavy atom. The molecule has 102 valence electrons. The smallest absolute Gasteiger partial charge is 0.324 e. The fourth-order valence-corrected chi connectivity index (χ4v) is 4.58. The molecule has 17 heavy (non-hydrogen) atoms. The van der Waals surface area contributed by atoms with Crippen molar-refractivity contribution in [1.29, 1.82) is 0 Å². The van der Waals surface area contributed by atoms with Gasteiger partial charge in [-0.25, -0.2) is 0 Å². The third-order valence-corrected chi connectivity index (χ3v) is 5.34. The van der Waals surface area contributed by atoms with Crippen molar-refractivity contribution >= 4 is 15.2 Å². The number of piperidine rings is 1. The SMILES string of the molecule is O=P(O)(O)C[C@H](CN1CCCCC1)P(=O)(O)O. The molecule has 0 spiro atoms. The molecule has 0 saturated carbocycles. The van der Waals surface area contributed by atoms with Gasteiger partial charge in [0.25, 0.3) is 0 Å². The van der Waals surface area contributed by atoms with Crippen molar-refractivity contribution in [2.75, 3.05) is 25.8 Å². The molecule has 0 bridgehead atoms. The molecule has 0 amide bonds. The summed E-state index contributed by atoms with van der Waals surface area (Å²) in [6.07, 6.45) is 2.26. The zero-order valence-electron chi connectivity index (χ0n) is 9.47. The van der Waals surface area contributed by atoms with Crippen molar-refractivity contribution in [1.82, 2.24) is 4.90 Å². The van der Waals surface area contributed by atoms with Crippen LogP contribution in [0.15, 0.2) is 0 Å². The third kappa shape index (κ3) is 6.11. The van der Waals surface area contributed by atoms with Crippen LogP contribution < -0.4 is 0 Å². The van der Waals surface area contributed by atoms with Gasteiger partial charge in [0.2, 0.25) is 0 Å². The fourth-order valence-electron chi connectivity index (χ4n) is 1.99. The molecule has 1 aliphatic rings. The number of hydrogen-bond acceptors (Lipinski definition) is 3. The third-order valence-electron chi connectivity index (χ3n) is 2.84. The van der Waals surface area contributed by atoms with Crippen LogP contribution in [0.5, 0.6) is 0 Å². The molecule has 4 N–H and O–H groups in total. The van der Waals surface area contributed by atoms with Crippen LogP contribution in [0.25, 0.3) is 0 Å². The molecule has 1 heterocycles. The molecule has 9 heteroatoms. The molecule has 0 unspecified atom stereocenters. The fraction of sp³-hybridized carbons (Fsp3) is 1.00. The Balaban J connectivity index is 2.63. The molecule has 0 aromatic heterocycles. The summed E-state index contributed by atoms with van der Waals surface area (Å²) in [5.74, 6) is 0. The van der Waals surface area contributed by atoms with Gasteiger partial charge in [-0.1, -0.05) is 6.42 Å². The largest absolute Gasteiger partial charge is 0.330 e. The summed E-state index contributed by atoms with van der Waals surface area (Å²) < 4.78 is 22.1. The van der Waals surface area contributed by atoms with E-state index < -0.39 is 27.0 Å². The van der Waals surface area contributed by atoms with Gasteiger partial charge in [0.15, 0.2) is 0 Å². The van der Waals surface area contributed by atoms with Crippen molar-refractivity contribution in [3.8, 4) is 0 Å². The lowest BCUT2D eigenvalue weighted by atomic mass is 10.1. The molecule has 1 atom stereocenters. The van der Waals surface area contributed by atoms with Gasteiger partial charge in [-0.2, -0.15) is 0 Å². The van der Waals surface area contributed by atoms with Crippen LogP contribution in [0, 0.1) is 0 Å². The molecule has 7 nitrogen and oxygen atoms in total. The lowest BCUT2D eigenvalue weighted by Crippen LogP contribution is -2.37. The van der Waals surface area contributed by atoms with Crippen molar-refractivity contribution in [3.63, 3.8) is 0 Å². The highest BCUT2D eigenvalue weighted by atomic mass is 31.2. The second-order valence-electron chi connectivity index (χ2n) is 4.45. The van der Waals surface area contributed by atoms with E-state index in [0.717, 1.165) is 32.4 Å². The molecular formula is C8H19NO6P2. The summed E-state index contributed by atoms with van der Waals surface area (Å²) in [4.78, 5) is 37.7. The van der Waals surface area contributed by atoms with E-state index in [1.165, 1.54) is 0 Å². The minimum absolute atomic E-state index is 0.0510. The summed E-state index contributed by atoms with van der Waals surface area (Å²) in [5, 5.41) is 0. The van der Waals surface area contributed by atoms with Gasteiger partial charge >= 0.3 is 15.2 Å². The quantitative estimate of drug-likeness (QED) is 0.533. The average molecular weight is 287 g/mol. The zero-order valence-corrected chi connectivity index (χ0v) is 11.3. The van der Waals surface area contributed by atoms with E-state index in [1.807, 2.05) is 4.90 Å². The lowest BCUT2D eigenvalue weighted by Gasteiger charge is -2.30. The molecule has 1 saturated heterocycles. The number of hydrogen-bond donors (Lipinski definition) is 4. The zero-order chi connectivity index (χ0) is 13.1. The Bertz CT molecular complexity index is 331. The molecule has 0 aromatic carbocycles. The second kappa shape index (κ2) is 5.93.